The van der Waals surface area contributed by atoms with Gasteiger partial charge in [-0.1, -0.05) is 30.3 Å². The van der Waals surface area contributed by atoms with Gasteiger partial charge in [0.1, 0.15) is 5.60 Å². The normalized spacial score (nSPS) is 14.2. The topological polar surface area (TPSA) is 69.5 Å². The minimum absolute atomic E-state index is 0.294. The maximum Gasteiger partial charge on any atom is 0.191 e. The lowest BCUT2D eigenvalue weighted by molar-refractivity contribution is 0.0672. The minimum atomic E-state index is -0.990. The summed E-state index contributed by atoms with van der Waals surface area (Å²) in [6, 6.07) is 9.62. The van der Waals surface area contributed by atoms with Gasteiger partial charge in [0.25, 0.3) is 0 Å². The largest absolute Gasteiger partial charge is 0.384 e. The van der Waals surface area contributed by atoms with Crippen LogP contribution in [0.1, 0.15) is 30.1 Å². The highest BCUT2D eigenvalue weighted by Gasteiger charge is 2.22. The summed E-state index contributed by atoms with van der Waals surface area (Å²) in [7, 11) is 0. The van der Waals surface area contributed by atoms with Crippen molar-refractivity contribution < 1.29 is 5.11 Å². The SMILES string of the molecule is CCNC(=NCC(C)(O)c1ccccc1)NCCc1csc(C)n1. The maximum absolute atomic E-state index is 10.6. The van der Waals surface area contributed by atoms with Gasteiger partial charge < -0.3 is 15.7 Å². The van der Waals surface area contributed by atoms with Crippen LogP contribution in [0.15, 0.2) is 40.7 Å². The maximum atomic E-state index is 10.6. The number of aliphatic hydroxyl groups is 1. The van der Waals surface area contributed by atoms with Gasteiger partial charge in [-0.15, -0.1) is 11.3 Å². The van der Waals surface area contributed by atoms with Crippen molar-refractivity contribution in [1.82, 2.24) is 15.6 Å². The Balaban J connectivity index is 1.92. The lowest BCUT2D eigenvalue weighted by Crippen LogP contribution is -2.39. The molecular weight excluding hydrogens is 320 g/mol. The lowest BCUT2D eigenvalue weighted by Gasteiger charge is -2.22. The second kappa shape index (κ2) is 8.80. The van der Waals surface area contributed by atoms with Crippen molar-refractivity contribution in [3.8, 4) is 0 Å². The molecule has 2 aromatic rings. The zero-order valence-electron chi connectivity index (χ0n) is 14.5. The third-order valence-corrected chi connectivity index (χ3v) is 4.45. The number of nitrogens with one attached hydrogen (secondary N) is 2. The molecule has 130 valence electrons. The average Bonchev–Trinajstić information content (AvgIpc) is 2.99. The van der Waals surface area contributed by atoms with Crippen molar-refractivity contribution in [2.75, 3.05) is 19.6 Å². The van der Waals surface area contributed by atoms with Gasteiger partial charge in [-0.3, -0.25) is 0 Å². The molecule has 0 radical (unpaired) electrons. The Bertz CT molecular complexity index is 652. The van der Waals surface area contributed by atoms with E-state index in [-0.39, 0.29) is 0 Å². The van der Waals surface area contributed by atoms with Crippen LogP contribution in [0.4, 0.5) is 0 Å². The molecule has 2 rings (SSSR count). The van der Waals surface area contributed by atoms with Gasteiger partial charge in [-0.25, -0.2) is 9.98 Å². The Morgan fingerprint density at radius 3 is 2.67 bits per heavy atom. The molecule has 0 aliphatic heterocycles. The van der Waals surface area contributed by atoms with Crippen molar-refractivity contribution in [2.45, 2.75) is 32.8 Å². The zero-order valence-corrected chi connectivity index (χ0v) is 15.4. The van der Waals surface area contributed by atoms with E-state index in [2.05, 4.69) is 26.0 Å². The molecule has 0 saturated carbocycles. The molecule has 5 nitrogen and oxygen atoms in total. The standard InChI is InChI=1S/C18H26N4OS/c1-4-19-17(20-11-10-16-12-24-14(2)22-16)21-13-18(3,23)15-8-6-5-7-9-15/h5-9,12,23H,4,10-11,13H2,1-3H3,(H2,19,20,21). The molecule has 24 heavy (non-hydrogen) atoms. The number of aryl methyl sites for hydroxylation is 1. The number of aromatic nitrogens is 1. The number of nitrogens with zero attached hydrogens (tertiary/aromatic N) is 2. The first-order valence-corrected chi connectivity index (χ1v) is 9.10. The van der Waals surface area contributed by atoms with Crippen LogP contribution in [-0.4, -0.2) is 35.7 Å². The fourth-order valence-electron chi connectivity index (χ4n) is 2.30. The first-order valence-electron chi connectivity index (χ1n) is 8.22. The molecule has 1 atom stereocenters. The Morgan fingerprint density at radius 2 is 2.04 bits per heavy atom. The number of benzene rings is 1. The van der Waals surface area contributed by atoms with Crippen LogP contribution >= 0.6 is 11.3 Å². The van der Waals surface area contributed by atoms with Crippen molar-refractivity contribution >= 4 is 17.3 Å². The van der Waals surface area contributed by atoms with Gasteiger partial charge in [0.05, 0.1) is 17.2 Å². The summed E-state index contributed by atoms with van der Waals surface area (Å²) >= 11 is 1.67. The van der Waals surface area contributed by atoms with Crippen LogP contribution in [0.5, 0.6) is 0 Å². The summed E-state index contributed by atoms with van der Waals surface area (Å²) in [4.78, 5) is 8.98. The van der Waals surface area contributed by atoms with Crippen LogP contribution in [0, 0.1) is 6.92 Å². The highest BCUT2D eigenvalue weighted by molar-refractivity contribution is 7.09. The molecule has 1 aromatic carbocycles. The summed E-state index contributed by atoms with van der Waals surface area (Å²) < 4.78 is 0. The van der Waals surface area contributed by atoms with Crippen LogP contribution in [0.2, 0.25) is 0 Å². The van der Waals surface area contributed by atoms with Crippen molar-refractivity contribution in [3.63, 3.8) is 0 Å². The third kappa shape index (κ3) is 5.62. The Morgan fingerprint density at radius 1 is 1.29 bits per heavy atom. The highest BCUT2D eigenvalue weighted by atomic mass is 32.1. The van der Waals surface area contributed by atoms with E-state index < -0.39 is 5.60 Å². The van der Waals surface area contributed by atoms with E-state index >= 15 is 0 Å². The highest BCUT2D eigenvalue weighted by Crippen LogP contribution is 2.20. The Kier molecular flexibility index (Phi) is 6.75. The number of guanidine groups is 1. The predicted molar refractivity (Wildman–Crippen MR) is 101 cm³/mol. The Hall–Kier alpha value is -1.92. The van der Waals surface area contributed by atoms with Crippen LogP contribution in [0.3, 0.4) is 0 Å². The van der Waals surface area contributed by atoms with Gasteiger partial charge in [0.15, 0.2) is 5.96 Å². The predicted octanol–water partition coefficient (Wildman–Crippen LogP) is 2.46. The molecule has 0 saturated heterocycles. The van der Waals surface area contributed by atoms with E-state index in [4.69, 9.17) is 0 Å². The van der Waals surface area contributed by atoms with E-state index in [1.54, 1.807) is 18.3 Å². The fourth-order valence-corrected chi connectivity index (χ4v) is 2.94. The van der Waals surface area contributed by atoms with Crippen molar-refractivity contribution in [3.05, 3.63) is 52.0 Å². The molecule has 3 N–H and O–H groups in total. The molecule has 0 amide bonds. The number of rotatable bonds is 7. The zero-order chi connectivity index (χ0) is 17.4. The third-order valence-electron chi connectivity index (χ3n) is 3.63. The second-order valence-electron chi connectivity index (χ2n) is 5.87. The van der Waals surface area contributed by atoms with E-state index in [0.29, 0.717) is 12.5 Å². The Labute approximate surface area is 147 Å². The average molecular weight is 347 g/mol. The molecule has 0 aliphatic rings. The van der Waals surface area contributed by atoms with E-state index in [1.165, 1.54) is 0 Å². The molecule has 1 aromatic heterocycles. The molecule has 6 heteroatoms. The van der Waals surface area contributed by atoms with Gasteiger partial charge in [-0.05, 0) is 26.3 Å². The number of thiazole rings is 1. The lowest BCUT2D eigenvalue weighted by atomic mass is 9.96. The van der Waals surface area contributed by atoms with Gasteiger partial charge >= 0.3 is 0 Å². The van der Waals surface area contributed by atoms with E-state index in [0.717, 1.165) is 35.8 Å². The summed E-state index contributed by atoms with van der Waals surface area (Å²) in [6.07, 6.45) is 0.851. The quantitative estimate of drug-likeness (QED) is 0.532. The van der Waals surface area contributed by atoms with Crippen LogP contribution in [0.25, 0.3) is 0 Å². The number of hydrogen-bond acceptors (Lipinski definition) is 4. The molecule has 0 spiro atoms. The number of hydrogen-bond donors (Lipinski definition) is 3. The smallest absolute Gasteiger partial charge is 0.191 e. The van der Waals surface area contributed by atoms with Gasteiger partial charge in [0, 0.05) is 24.9 Å². The minimum Gasteiger partial charge on any atom is -0.384 e. The van der Waals surface area contributed by atoms with Crippen molar-refractivity contribution in [2.24, 2.45) is 4.99 Å². The molecular formula is C18H26N4OS. The van der Waals surface area contributed by atoms with E-state index in [1.807, 2.05) is 44.2 Å². The van der Waals surface area contributed by atoms with Gasteiger partial charge in [0.2, 0.25) is 0 Å². The molecule has 1 heterocycles. The van der Waals surface area contributed by atoms with E-state index in [9.17, 15) is 5.11 Å². The molecule has 0 bridgehead atoms. The van der Waals surface area contributed by atoms with Crippen LogP contribution < -0.4 is 10.6 Å². The monoisotopic (exact) mass is 346 g/mol. The van der Waals surface area contributed by atoms with Crippen LogP contribution in [-0.2, 0) is 12.0 Å². The summed E-state index contributed by atoms with van der Waals surface area (Å²) in [5.41, 5.74) is 0.968. The fraction of sp³-hybridized carbons (Fsp3) is 0.444. The van der Waals surface area contributed by atoms with Gasteiger partial charge in [-0.2, -0.15) is 0 Å². The number of aliphatic imine (C=N–C) groups is 1. The van der Waals surface area contributed by atoms with Crippen molar-refractivity contribution in [1.29, 1.82) is 0 Å². The first kappa shape index (κ1) is 18.4. The first-order chi connectivity index (χ1) is 11.5. The molecule has 1 unspecified atom stereocenters. The summed E-state index contributed by atoms with van der Waals surface area (Å²) in [6.45, 7) is 7.64. The summed E-state index contributed by atoms with van der Waals surface area (Å²) in [5.74, 6) is 0.709. The molecule has 0 aliphatic carbocycles. The second-order valence-corrected chi connectivity index (χ2v) is 6.93. The molecule has 0 fully saturated rings. The summed E-state index contributed by atoms with van der Waals surface area (Å²) in [5, 5.41) is 20.3.